The van der Waals surface area contributed by atoms with E-state index in [1.165, 1.54) is 35.5 Å². The number of nitrogens with zero attached hydrogens (tertiary/aromatic N) is 3. The molecule has 2 heterocycles. The Labute approximate surface area is 126 Å². The molecule has 4 nitrogen and oxygen atoms in total. The largest absolute Gasteiger partial charge is 0.377 e. The normalized spacial score (nSPS) is 16.1. The van der Waals surface area contributed by atoms with Gasteiger partial charge in [-0.05, 0) is 50.6 Å². The highest BCUT2D eigenvalue weighted by molar-refractivity contribution is 5.58. The number of imidazole rings is 1. The Balaban J connectivity index is 1.97. The lowest BCUT2D eigenvalue weighted by Gasteiger charge is -2.24. The molecule has 0 radical (unpaired) electrons. The van der Waals surface area contributed by atoms with Crippen molar-refractivity contribution in [3.63, 3.8) is 0 Å². The standard InChI is InChI=1S/C17H24N4/c1-13-4-5-15(10-16(13)20(2)3)21-12-19-11-17(21)14-6-8-18-9-7-14/h4-5,10-12,14,18H,6-9H2,1-3H3. The van der Waals surface area contributed by atoms with Crippen LogP contribution in [0.4, 0.5) is 5.69 Å². The highest BCUT2D eigenvalue weighted by Crippen LogP contribution is 2.29. The molecule has 1 fully saturated rings. The number of hydrogen-bond donors (Lipinski definition) is 1. The molecule has 1 aliphatic rings. The molecular weight excluding hydrogens is 260 g/mol. The quantitative estimate of drug-likeness (QED) is 0.941. The number of rotatable bonds is 3. The predicted molar refractivity (Wildman–Crippen MR) is 87.5 cm³/mol. The lowest BCUT2D eigenvalue weighted by atomic mass is 9.95. The molecule has 0 saturated carbocycles. The van der Waals surface area contributed by atoms with Crippen molar-refractivity contribution in [3.8, 4) is 5.69 Å². The summed E-state index contributed by atoms with van der Waals surface area (Å²) in [6.07, 6.45) is 6.36. The average molecular weight is 284 g/mol. The van der Waals surface area contributed by atoms with Crippen LogP contribution >= 0.6 is 0 Å². The summed E-state index contributed by atoms with van der Waals surface area (Å²) in [4.78, 5) is 6.57. The van der Waals surface area contributed by atoms with E-state index in [1.807, 2.05) is 12.5 Å². The molecule has 4 heteroatoms. The van der Waals surface area contributed by atoms with E-state index in [2.05, 4.69) is 59.0 Å². The van der Waals surface area contributed by atoms with E-state index >= 15 is 0 Å². The molecule has 3 rings (SSSR count). The van der Waals surface area contributed by atoms with Gasteiger partial charge in [-0.2, -0.15) is 0 Å². The van der Waals surface area contributed by atoms with Gasteiger partial charge in [-0.1, -0.05) is 6.07 Å². The van der Waals surface area contributed by atoms with E-state index < -0.39 is 0 Å². The van der Waals surface area contributed by atoms with Gasteiger partial charge in [-0.15, -0.1) is 0 Å². The minimum atomic E-state index is 0.609. The molecule has 2 aromatic rings. The first-order valence-corrected chi connectivity index (χ1v) is 7.68. The number of benzene rings is 1. The molecular formula is C17H24N4. The van der Waals surface area contributed by atoms with Crippen LogP contribution in [0.5, 0.6) is 0 Å². The highest BCUT2D eigenvalue weighted by atomic mass is 15.1. The molecule has 21 heavy (non-hydrogen) atoms. The molecule has 112 valence electrons. The van der Waals surface area contributed by atoms with Crippen molar-refractivity contribution in [3.05, 3.63) is 42.0 Å². The van der Waals surface area contributed by atoms with Crippen LogP contribution in [0.3, 0.4) is 0 Å². The number of nitrogens with one attached hydrogen (secondary N) is 1. The fourth-order valence-corrected chi connectivity index (χ4v) is 3.17. The van der Waals surface area contributed by atoms with Crippen molar-refractivity contribution in [2.24, 2.45) is 0 Å². The number of anilines is 1. The zero-order valence-electron chi connectivity index (χ0n) is 13.1. The van der Waals surface area contributed by atoms with Crippen LogP contribution < -0.4 is 10.2 Å². The second kappa shape index (κ2) is 5.90. The monoisotopic (exact) mass is 284 g/mol. The molecule has 0 spiro atoms. The Morgan fingerprint density at radius 1 is 1.24 bits per heavy atom. The number of hydrogen-bond acceptors (Lipinski definition) is 3. The molecule has 1 saturated heterocycles. The Morgan fingerprint density at radius 2 is 2.00 bits per heavy atom. The third-order valence-electron chi connectivity index (χ3n) is 4.38. The third-order valence-corrected chi connectivity index (χ3v) is 4.38. The summed E-state index contributed by atoms with van der Waals surface area (Å²) < 4.78 is 2.25. The number of piperidine rings is 1. The summed E-state index contributed by atoms with van der Waals surface area (Å²) in [5, 5.41) is 3.43. The van der Waals surface area contributed by atoms with Crippen molar-refractivity contribution < 1.29 is 0 Å². The summed E-state index contributed by atoms with van der Waals surface area (Å²) in [6, 6.07) is 6.63. The van der Waals surface area contributed by atoms with Crippen LogP contribution in [-0.2, 0) is 0 Å². The predicted octanol–water partition coefficient (Wildman–Crippen LogP) is 2.71. The van der Waals surface area contributed by atoms with Gasteiger partial charge in [0.1, 0.15) is 0 Å². The minimum Gasteiger partial charge on any atom is -0.377 e. The Kier molecular flexibility index (Phi) is 3.97. The molecule has 1 aliphatic heterocycles. The van der Waals surface area contributed by atoms with Crippen LogP contribution in [0.15, 0.2) is 30.7 Å². The van der Waals surface area contributed by atoms with Gasteiger partial charge in [-0.25, -0.2) is 4.98 Å². The molecule has 0 atom stereocenters. The topological polar surface area (TPSA) is 33.1 Å². The molecule has 0 unspecified atom stereocenters. The van der Waals surface area contributed by atoms with Gasteiger partial charge in [0.05, 0.1) is 6.33 Å². The van der Waals surface area contributed by atoms with Crippen molar-refractivity contribution in [2.45, 2.75) is 25.7 Å². The van der Waals surface area contributed by atoms with Crippen molar-refractivity contribution in [1.29, 1.82) is 0 Å². The van der Waals surface area contributed by atoms with E-state index in [4.69, 9.17) is 0 Å². The maximum Gasteiger partial charge on any atom is 0.0994 e. The fourth-order valence-electron chi connectivity index (χ4n) is 3.17. The lowest BCUT2D eigenvalue weighted by molar-refractivity contribution is 0.449. The molecule has 1 N–H and O–H groups in total. The van der Waals surface area contributed by atoms with E-state index in [0.717, 1.165) is 13.1 Å². The van der Waals surface area contributed by atoms with Crippen molar-refractivity contribution in [2.75, 3.05) is 32.1 Å². The van der Waals surface area contributed by atoms with E-state index in [1.54, 1.807) is 0 Å². The van der Waals surface area contributed by atoms with Gasteiger partial charge in [-0.3, -0.25) is 0 Å². The van der Waals surface area contributed by atoms with Crippen molar-refractivity contribution >= 4 is 5.69 Å². The van der Waals surface area contributed by atoms with Gasteiger partial charge < -0.3 is 14.8 Å². The number of aromatic nitrogens is 2. The summed E-state index contributed by atoms with van der Waals surface area (Å²) in [5.41, 5.74) is 5.10. The molecule has 0 bridgehead atoms. The zero-order chi connectivity index (χ0) is 14.8. The third kappa shape index (κ3) is 2.81. The van der Waals surface area contributed by atoms with E-state index in [9.17, 15) is 0 Å². The van der Waals surface area contributed by atoms with Crippen molar-refractivity contribution in [1.82, 2.24) is 14.9 Å². The Hall–Kier alpha value is -1.81. The van der Waals surface area contributed by atoms with E-state index in [0.29, 0.717) is 5.92 Å². The average Bonchev–Trinajstić information content (AvgIpc) is 2.98. The maximum absolute atomic E-state index is 4.40. The number of aryl methyl sites for hydroxylation is 1. The molecule has 0 aliphatic carbocycles. The van der Waals surface area contributed by atoms with Crippen LogP contribution in [0.25, 0.3) is 5.69 Å². The molecule has 0 amide bonds. The Morgan fingerprint density at radius 3 is 2.71 bits per heavy atom. The van der Waals surface area contributed by atoms with Gasteiger partial charge in [0, 0.05) is 43.3 Å². The summed E-state index contributed by atoms with van der Waals surface area (Å²) in [7, 11) is 4.18. The smallest absolute Gasteiger partial charge is 0.0994 e. The molecule has 1 aromatic carbocycles. The minimum absolute atomic E-state index is 0.609. The van der Waals surface area contributed by atoms with Gasteiger partial charge in [0.15, 0.2) is 0 Å². The SMILES string of the molecule is Cc1ccc(-n2cncc2C2CCNCC2)cc1N(C)C. The van der Waals surface area contributed by atoms with Crippen LogP contribution in [0.1, 0.15) is 30.0 Å². The lowest BCUT2D eigenvalue weighted by Crippen LogP contribution is -2.27. The Bertz CT molecular complexity index is 609. The second-order valence-electron chi connectivity index (χ2n) is 6.08. The first kappa shape index (κ1) is 14.1. The van der Waals surface area contributed by atoms with E-state index in [-0.39, 0.29) is 0 Å². The van der Waals surface area contributed by atoms with Gasteiger partial charge >= 0.3 is 0 Å². The maximum atomic E-state index is 4.40. The summed E-state index contributed by atoms with van der Waals surface area (Å²) in [6.45, 7) is 4.36. The molecule has 1 aromatic heterocycles. The van der Waals surface area contributed by atoms with Gasteiger partial charge in [0.25, 0.3) is 0 Å². The fraction of sp³-hybridized carbons (Fsp3) is 0.471. The second-order valence-corrected chi connectivity index (χ2v) is 6.08. The highest BCUT2D eigenvalue weighted by Gasteiger charge is 2.19. The first-order valence-electron chi connectivity index (χ1n) is 7.68. The first-order chi connectivity index (χ1) is 10.2. The summed E-state index contributed by atoms with van der Waals surface area (Å²) in [5.74, 6) is 0.609. The zero-order valence-corrected chi connectivity index (χ0v) is 13.1. The van der Waals surface area contributed by atoms with Gasteiger partial charge in [0.2, 0.25) is 0 Å². The van der Waals surface area contributed by atoms with Crippen LogP contribution in [0.2, 0.25) is 0 Å². The summed E-state index contributed by atoms with van der Waals surface area (Å²) >= 11 is 0. The van der Waals surface area contributed by atoms with Crippen LogP contribution in [0, 0.1) is 6.92 Å². The van der Waals surface area contributed by atoms with Crippen LogP contribution in [-0.4, -0.2) is 36.7 Å².